The first-order valence-corrected chi connectivity index (χ1v) is 6.82. The first-order chi connectivity index (χ1) is 7.10. The summed E-state index contributed by atoms with van der Waals surface area (Å²) in [6.45, 7) is 5.10. The summed E-state index contributed by atoms with van der Waals surface area (Å²) in [4.78, 5) is 11.3. The maximum atomic E-state index is 11.3. The van der Waals surface area contributed by atoms with Crippen LogP contribution in [-0.2, 0) is 4.79 Å². The highest BCUT2D eigenvalue weighted by Crippen LogP contribution is 2.27. The number of aliphatic carboxylic acids is 1. The third kappa shape index (κ3) is 3.38. The van der Waals surface area contributed by atoms with Gasteiger partial charge in [-0.15, -0.1) is 0 Å². The van der Waals surface area contributed by atoms with Crippen LogP contribution in [0.25, 0.3) is 0 Å². The Kier molecular flexibility index (Phi) is 4.93. The third-order valence-corrected chi connectivity index (χ3v) is 4.23. The lowest BCUT2D eigenvalue weighted by Gasteiger charge is -2.34. The summed E-state index contributed by atoms with van der Waals surface area (Å²) in [5.74, 6) is 1.79. The van der Waals surface area contributed by atoms with Crippen molar-refractivity contribution in [1.82, 2.24) is 5.32 Å². The van der Waals surface area contributed by atoms with E-state index in [4.69, 9.17) is 0 Å². The highest BCUT2D eigenvalue weighted by molar-refractivity contribution is 7.99. The maximum Gasteiger partial charge on any atom is 0.323 e. The third-order valence-electron chi connectivity index (χ3n) is 3.24. The normalized spacial score (nSPS) is 22.3. The summed E-state index contributed by atoms with van der Waals surface area (Å²) in [6, 6.07) is 0. The van der Waals surface area contributed by atoms with Crippen LogP contribution in [0.2, 0.25) is 0 Å². The van der Waals surface area contributed by atoms with E-state index in [0.29, 0.717) is 5.92 Å². The first-order valence-electron chi connectivity index (χ1n) is 5.67. The average Bonchev–Trinajstić information content (AvgIpc) is 2.27. The topological polar surface area (TPSA) is 49.3 Å². The monoisotopic (exact) mass is 231 g/mol. The molecule has 0 saturated carbocycles. The Balaban J connectivity index is 2.53. The molecule has 1 aliphatic heterocycles. The largest absolute Gasteiger partial charge is 0.480 e. The molecule has 0 aromatic carbocycles. The quantitative estimate of drug-likeness (QED) is 0.759. The molecule has 1 rings (SSSR count). The van der Waals surface area contributed by atoms with Crippen LogP contribution in [0.1, 0.15) is 33.1 Å². The Morgan fingerprint density at radius 3 is 2.60 bits per heavy atom. The van der Waals surface area contributed by atoms with E-state index in [1.54, 1.807) is 0 Å². The van der Waals surface area contributed by atoms with E-state index in [2.05, 4.69) is 19.2 Å². The second kappa shape index (κ2) is 5.75. The number of hydrogen-bond acceptors (Lipinski definition) is 3. The lowest BCUT2D eigenvalue weighted by molar-refractivity contribution is -0.145. The van der Waals surface area contributed by atoms with E-state index < -0.39 is 11.5 Å². The predicted molar refractivity (Wildman–Crippen MR) is 64.4 cm³/mol. The molecule has 1 saturated heterocycles. The summed E-state index contributed by atoms with van der Waals surface area (Å²) < 4.78 is 0. The maximum absolute atomic E-state index is 11.3. The van der Waals surface area contributed by atoms with Gasteiger partial charge >= 0.3 is 5.97 Å². The predicted octanol–water partition coefficient (Wildman–Crippen LogP) is 1.97. The molecule has 0 aromatic heterocycles. The molecule has 0 amide bonds. The van der Waals surface area contributed by atoms with Crippen molar-refractivity contribution < 1.29 is 9.90 Å². The fourth-order valence-corrected chi connectivity index (χ4v) is 2.89. The van der Waals surface area contributed by atoms with Gasteiger partial charge in [0, 0.05) is 0 Å². The van der Waals surface area contributed by atoms with Crippen molar-refractivity contribution >= 4 is 17.7 Å². The van der Waals surface area contributed by atoms with Crippen LogP contribution in [-0.4, -0.2) is 34.7 Å². The van der Waals surface area contributed by atoms with Gasteiger partial charge in [0.25, 0.3) is 0 Å². The van der Waals surface area contributed by atoms with Crippen LogP contribution in [0.15, 0.2) is 0 Å². The molecule has 0 spiro atoms. The van der Waals surface area contributed by atoms with E-state index in [9.17, 15) is 9.90 Å². The van der Waals surface area contributed by atoms with Gasteiger partial charge < -0.3 is 10.4 Å². The van der Waals surface area contributed by atoms with E-state index in [1.165, 1.54) is 0 Å². The van der Waals surface area contributed by atoms with Gasteiger partial charge in [-0.05, 0) is 36.8 Å². The molecule has 0 radical (unpaired) electrons. The first kappa shape index (κ1) is 12.8. The molecule has 1 heterocycles. The molecule has 0 bridgehead atoms. The fourth-order valence-electron chi connectivity index (χ4n) is 1.70. The Bertz CT molecular complexity index is 215. The van der Waals surface area contributed by atoms with Gasteiger partial charge in [0.15, 0.2) is 0 Å². The van der Waals surface area contributed by atoms with Gasteiger partial charge in [0.1, 0.15) is 5.54 Å². The lowest BCUT2D eigenvalue weighted by atomic mass is 9.91. The second-order valence-corrected chi connectivity index (χ2v) is 5.62. The zero-order chi connectivity index (χ0) is 11.3. The summed E-state index contributed by atoms with van der Waals surface area (Å²) in [5.41, 5.74) is -0.644. The van der Waals surface area contributed by atoms with Crippen molar-refractivity contribution in [3.05, 3.63) is 0 Å². The number of thioether (sulfide) groups is 1. The number of carboxylic acids is 1. The molecular weight excluding hydrogens is 210 g/mol. The summed E-state index contributed by atoms with van der Waals surface area (Å²) >= 11 is 1.85. The number of hydrogen-bond donors (Lipinski definition) is 2. The Labute approximate surface area is 96.0 Å². The smallest absolute Gasteiger partial charge is 0.323 e. The molecule has 1 unspecified atom stereocenters. The number of rotatable bonds is 5. The molecule has 0 aliphatic carbocycles. The van der Waals surface area contributed by atoms with Gasteiger partial charge in [-0.2, -0.15) is 11.8 Å². The standard InChI is InChI=1S/C11H21NO2S/c1-3-9(2)8-12-11(10(13)14)4-6-15-7-5-11/h9,12H,3-8H2,1-2H3,(H,13,14). The van der Waals surface area contributed by atoms with Crippen molar-refractivity contribution in [3.8, 4) is 0 Å². The van der Waals surface area contributed by atoms with Gasteiger partial charge in [0.05, 0.1) is 0 Å². The van der Waals surface area contributed by atoms with Crippen molar-refractivity contribution in [3.63, 3.8) is 0 Å². The van der Waals surface area contributed by atoms with Gasteiger partial charge in [-0.1, -0.05) is 20.3 Å². The average molecular weight is 231 g/mol. The van der Waals surface area contributed by atoms with Crippen LogP contribution in [0.5, 0.6) is 0 Å². The highest BCUT2D eigenvalue weighted by atomic mass is 32.2. The minimum Gasteiger partial charge on any atom is -0.480 e. The van der Waals surface area contributed by atoms with E-state index in [0.717, 1.165) is 37.3 Å². The Morgan fingerprint density at radius 1 is 1.53 bits per heavy atom. The minimum absolute atomic E-state index is 0.552. The van der Waals surface area contributed by atoms with E-state index in [-0.39, 0.29) is 0 Å². The van der Waals surface area contributed by atoms with Crippen LogP contribution in [0, 0.1) is 5.92 Å². The molecular formula is C11H21NO2S. The van der Waals surface area contributed by atoms with Crippen molar-refractivity contribution in [2.45, 2.75) is 38.6 Å². The highest BCUT2D eigenvalue weighted by Gasteiger charge is 2.39. The molecule has 3 nitrogen and oxygen atoms in total. The Hall–Kier alpha value is -0.220. The summed E-state index contributed by atoms with van der Waals surface area (Å²) in [7, 11) is 0. The zero-order valence-electron chi connectivity index (χ0n) is 9.58. The fraction of sp³-hybridized carbons (Fsp3) is 0.909. The van der Waals surface area contributed by atoms with E-state index >= 15 is 0 Å². The molecule has 1 aliphatic rings. The molecule has 88 valence electrons. The molecule has 4 heteroatoms. The molecule has 0 aromatic rings. The molecule has 2 N–H and O–H groups in total. The molecule has 1 fully saturated rings. The van der Waals surface area contributed by atoms with Gasteiger partial charge in [0.2, 0.25) is 0 Å². The zero-order valence-corrected chi connectivity index (χ0v) is 10.4. The molecule has 15 heavy (non-hydrogen) atoms. The summed E-state index contributed by atoms with van der Waals surface area (Å²) in [5, 5.41) is 12.6. The second-order valence-electron chi connectivity index (χ2n) is 4.39. The SMILES string of the molecule is CCC(C)CNC1(C(=O)O)CCSCC1. The van der Waals surface area contributed by atoms with Crippen LogP contribution < -0.4 is 5.32 Å². The summed E-state index contributed by atoms with van der Waals surface area (Å²) in [6.07, 6.45) is 2.60. The van der Waals surface area contributed by atoms with Crippen molar-refractivity contribution in [2.75, 3.05) is 18.1 Å². The number of nitrogens with one attached hydrogen (secondary N) is 1. The van der Waals surface area contributed by atoms with Crippen molar-refractivity contribution in [1.29, 1.82) is 0 Å². The van der Waals surface area contributed by atoms with Crippen LogP contribution in [0.3, 0.4) is 0 Å². The molecule has 1 atom stereocenters. The number of carboxylic acid groups (broad SMARTS) is 1. The minimum atomic E-state index is -0.675. The number of carbonyl (C=O) groups is 1. The van der Waals surface area contributed by atoms with Gasteiger partial charge in [-0.25, -0.2) is 0 Å². The van der Waals surface area contributed by atoms with Gasteiger partial charge in [-0.3, -0.25) is 4.79 Å². The van der Waals surface area contributed by atoms with Crippen LogP contribution >= 0.6 is 11.8 Å². The van der Waals surface area contributed by atoms with Crippen molar-refractivity contribution in [2.24, 2.45) is 5.92 Å². The van der Waals surface area contributed by atoms with Crippen LogP contribution in [0.4, 0.5) is 0 Å². The lowest BCUT2D eigenvalue weighted by Crippen LogP contribution is -2.55. The Morgan fingerprint density at radius 2 is 2.13 bits per heavy atom. The van der Waals surface area contributed by atoms with E-state index in [1.807, 2.05) is 11.8 Å².